The summed E-state index contributed by atoms with van der Waals surface area (Å²) in [5.41, 5.74) is 1.35. The monoisotopic (exact) mass is 482 g/mol. The average molecular weight is 483 g/mol. The summed E-state index contributed by atoms with van der Waals surface area (Å²) < 4.78 is 5.73. The number of barbiturate groups is 1. The minimum Gasteiger partial charge on any atom is -0.508 e. The summed E-state index contributed by atoms with van der Waals surface area (Å²) in [6, 6.07) is 16.5. The van der Waals surface area contributed by atoms with Crippen LogP contribution in [0, 0.1) is 0 Å². The minimum absolute atomic E-state index is 0.0175. The largest absolute Gasteiger partial charge is 0.508 e. The van der Waals surface area contributed by atoms with Crippen molar-refractivity contribution in [3.8, 4) is 11.5 Å². The van der Waals surface area contributed by atoms with Gasteiger partial charge in [0.05, 0.1) is 5.69 Å². The van der Waals surface area contributed by atoms with Gasteiger partial charge in [0.1, 0.15) is 23.7 Å². The average Bonchev–Trinajstić information content (AvgIpc) is 2.78. The Hall–Kier alpha value is -3.81. The Kier molecular flexibility index (Phi) is 6.35. The lowest BCUT2D eigenvalue weighted by Crippen LogP contribution is -2.54. The first-order chi connectivity index (χ1) is 15.8. The summed E-state index contributed by atoms with van der Waals surface area (Å²) in [6.45, 7) is 0.237. The molecule has 0 saturated carbocycles. The van der Waals surface area contributed by atoms with Gasteiger partial charge >= 0.3 is 6.03 Å². The van der Waals surface area contributed by atoms with E-state index in [1.165, 1.54) is 30.3 Å². The second-order valence-corrected chi connectivity index (χ2v) is 7.91. The fraction of sp³-hybridized carbons (Fsp3) is 0.0417. The van der Waals surface area contributed by atoms with Crippen molar-refractivity contribution in [2.75, 3.05) is 4.90 Å². The quantitative estimate of drug-likeness (QED) is 0.396. The number of benzene rings is 3. The number of phenolic OH excluding ortho intramolecular Hbond substituents is 1. The molecule has 9 heteroatoms. The summed E-state index contributed by atoms with van der Waals surface area (Å²) in [7, 11) is 0. The van der Waals surface area contributed by atoms with Crippen LogP contribution in [0.5, 0.6) is 11.5 Å². The van der Waals surface area contributed by atoms with Gasteiger partial charge in [-0.25, -0.2) is 9.69 Å². The molecule has 0 bridgehead atoms. The van der Waals surface area contributed by atoms with E-state index in [1.54, 1.807) is 42.5 Å². The Morgan fingerprint density at radius 1 is 0.939 bits per heavy atom. The molecule has 4 rings (SSSR count). The van der Waals surface area contributed by atoms with E-state index in [0.717, 1.165) is 10.5 Å². The van der Waals surface area contributed by atoms with Crippen molar-refractivity contribution in [3.05, 3.63) is 93.5 Å². The molecule has 33 heavy (non-hydrogen) atoms. The molecular weight excluding hydrogens is 467 g/mol. The Morgan fingerprint density at radius 2 is 1.64 bits per heavy atom. The van der Waals surface area contributed by atoms with E-state index in [9.17, 15) is 19.5 Å². The van der Waals surface area contributed by atoms with Crippen molar-refractivity contribution >= 4 is 52.8 Å². The van der Waals surface area contributed by atoms with Crippen molar-refractivity contribution in [1.29, 1.82) is 0 Å². The summed E-state index contributed by atoms with van der Waals surface area (Å²) in [5.74, 6) is -1.02. The van der Waals surface area contributed by atoms with E-state index in [1.807, 2.05) is 0 Å². The third-order valence-corrected chi connectivity index (χ3v) is 5.40. The first kappa shape index (κ1) is 22.4. The third kappa shape index (κ3) is 5.00. The van der Waals surface area contributed by atoms with E-state index < -0.39 is 17.8 Å². The predicted molar refractivity (Wildman–Crippen MR) is 124 cm³/mol. The van der Waals surface area contributed by atoms with Gasteiger partial charge in [-0.05, 0) is 60.2 Å². The van der Waals surface area contributed by atoms with E-state index in [4.69, 9.17) is 27.9 Å². The number of rotatable bonds is 5. The number of halogens is 2. The Morgan fingerprint density at radius 3 is 2.30 bits per heavy atom. The second-order valence-electron chi connectivity index (χ2n) is 7.07. The lowest BCUT2D eigenvalue weighted by molar-refractivity contribution is -0.122. The normalized spacial score (nSPS) is 15.0. The van der Waals surface area contributed by atoms with Crippen molar-refractivity contribution in [2.24, 2.45) is 0 Å². The van der Waals surface area contributed by atoms with Gasteiger partial charge in [0, 0.05) is 15.6 Å². The van der Waals surface area contributed by atoms with Gasteiger partial charge in [0.2, 0.25) is 0 Å². The molecule has 0 aliphatic carbocycles. The molecule has 0 atom stereocenters. The van der Waals surface area contributed by atoms with Crippen molar-refractivity contribution in [1.82, 2.24) is 5.32 Å². The molecule has 3 aromatic rings. The summed E-state index contributed by atoms with van der Waals surface area (Å²) in [4.78, 5) is 38.2. The SMILES string of the molecule is O=C1NC(=O)N(c2ccc(O)cc2)C(=O)/C1=C\c1ccc(OCc2ccc(Cl)cc2Cl)cc1. The number of hydrogen-bond donors (Lipinski definition) is 2. The van der Waals surface area contributed by atoms with Gasteiger partial charge < -0.3 is 9.84 Å². The van der Waals surface area contributed by atoms with E-state index >= 15 is 0 Å². The number of ether oxygens (including phenoxy) is 1. The number of carbonyl (C=O) groups excluding carboxylic acids is 3. The van der Waals surface area contributed by atoms with E-state index in [0.29, 0.717) is 21.4 Å². The minimum atomic E-state index is -0.863. The molecule has 166 valence electrons. The number of urea groups is 1. The lowest BCUT2D eigenvalue weighted by atomic mass is 10.1. The fourth-order valence-corrected chi connectivity index (χ4v) is 3.58. The van der Waals surface area contributed by atoms with Crippen molar-refractivity contribution in [2.45, 2.75) is 6.61 Å². The van der Waals surface area contributed by atoms with Crippen LogP contribution in [0.15, 0.2) is 72.3 Å². The molecule has 1 aliphatic heterocycles. The number of aromatic hydroxyl groups is 1. The highest BCUT2D eigenvalue weighted by molar-refractivity contribution is 6.39. The fourth-order valence-electron chi connectivity index (χ4n) is 3.12. The van der Waals surface area contributed by atoms with Gasteiger partial charge in [-0.2, -0.15) is 0 Å². The zero-order valence-electron chi connectivity index (χ0n) is 16.9. The maximum absolute atomic E-state index is 12.9. The standard InChI is InChI=1S/C24H16Cl2N2O5/c25-16-4-3-15(21(26)12-16)13-33-19-9-1-14(2-10-19)11-20-22(30)27-24(32)28(23(20)31)17-5-7-18(29)8-6-17/h1-12,29H,13H2,(H,27,30,32)/b20-11-. The number of nitrogens with one attached hydrogen (secondary N) is 1. The number of hydrogen-bond acceptors (Lipinski definition) is 5. The molecule has 1 heterocycles. The molecular formula is C24H16Cl2N2O5. The smallest absolute Gasteiger partial charge is 0.335 e. The van der Waals surface area contributed by atoms with Gasteiger partial charge in [-0.3, -0.25) is 14.9 Å². The molecule has 0 aromatic heterocycles. The van der Waals surface area contributed by atoms with Crippen molar-refractivity contribution < 1.29 is 24.2 Å². The van der Waals surface area contributed by atoms with Gasteiger partial charge in [0.15, 0.2) is 0 Å². The van der Waals surface area contributed by atoms with Crippen LogP contribution in [0.4, 0.5) is 10.5 Å². The van der Waals surface area contributed by atoms with E-state index in [-0.39, 0.29) is 23.6 Å². The van der Waals surface area contributed by atoms with Crippen LogP contribution >= 0.6 is 23.2 Å². The Bertz CT molecular complexity index is 1270. The van der Waals surface area contributed by atoms with Crippen LogP contribution in [0.2, 0.25) is 10.0 Å². The zero-order valence-corrected chi connectivity index (χ0v) is 18.4. The van der Waals surface area contributed by atoms with Crippen LogP contribution in [-0.2, 0) is 16.2 Å². The first-order valence-corrected chi connectivity index (χ1v) is 10.4. The number of phenols is 1. The molecule has 1 aliphatic rings. The maximum Gasteiger partial charge on any atom is 0.335 e. The highest BCUT2D eigenvalue weighted by atomic mass is 35.5. The summed E-state index contributed by atoms with van der Waals surface area (Å²) in [6.07, 6.45) is 1.39. The highest BCUT2D eigenvalue weighted by Gasteiger charge is 2.36. The molecule has 3 aromatic carbocycles. The zero-order chi connectivity index (χ0) is 23.5. The molecule has 1 saturated heterocycles. The van der Waals surface area contributed by atoms with Crippen molar-refractivity contribution in [3.63, 3.8) is 0 Å². The van der Waals surface area contributed by atoms with Crippen LogP contribution in [0.1, 0.15) is 11.1 Å². The van der Waals surface area contributed by atoms with Crippen LogP contribution in [-0.4, -0.2) is 23.0 Å². The molecule has 0 radical (unpaired) electrons. The second kappa shape index (κ2) is 9.36. The molecule has 2 N–H and O–H groups in total. The predicted octanol–water partition coefficient (Wildman–Crippen LogP) is 4.94. The molecule has 0 unspecified atom stereocenters. The van der Waals surface area contributed by atoms with Gasteiger partial charge in [0.25, 0.3) is 11.8 Å². The molecule has 0 spiro atoms. The lowest BCUT2D eigenvalue weighted by Gasteiger charge is -2.26. The van der Waals surface area contributed by atoms with Gasteiger partial charge in [-0.1, -0.05) is 41.4 Å². The molecule has 1 fully saturated rings. The summed E-state index contributed by atoms with van der Waals surface area (Å²) in [5, 5.41) is 12.6. The first-order valence-electron chi connectivity index (χ1n) is 9.69. The number of carbonyl (C=O) groups is 3. The summed E-state index contributed by atoms with van der Waals surface area (Å²) >= 11 is 12.0. The number of nitrogens with zero attached hydrogens (tertiary/aromatic N) is 1. The van der Waals surface area contributed by atoms with Crippen LogP contribution in [0.3, 0.4) is 0 Å². The number of amides is 4. The topological polar surface area (TPSA) is 95.9 Å². The molecule has 4 amide bonds. The van der Waals surface area contributed by atoms with E-state index in [2.05, 4.69) is 5.32 Å². The number of anilines is 1. The van der Waals surface area contributed by atoms with Crippen LogP contribution in [0.25, 0.3) is 6.08 Å². The highest BCUT2D eigenvalue weighted by Crippen LogP contribution is 2.25. The van der Waals surface area contributed by atoms with Crippen LogP contribution < -0.4 is 15.0 Å². The van der Waals surface area contributed by atoms with Gasteiger partial charge in [-0.15, -0.1) is 0 Å². The Labute approximate surface area is 198 Å². The Balaban J connectivity index is 1.51. The maximum atomic E-state index is 12.9. The molecule has 7 nitrogen and oxygen atoms in total. The third-order valence-electron chi connectivity index (χ3n) is 4.81. The number of imide groups is 2.